The van der Waals surface area contributed by atoms with Crippen LogP contribution in [0.5, 0.6) is 11.5 Å². The molecule has 0 radical (unpaired) electrons. The first-order valence-corrected chi connectivity index (χ1v) is 9.81. The highest BCUT2D eigenvalue weighted by Crippen LogP contribution is 2.31. The van der Waals surface area contributed by atoms with Gasteiger partial charge in [-0.1, -0.05) is 29.8 Å². The number of rotatable bonds is 8. The third-order valence-electron chi connectivity index (χ3n) is 3.57. The average molecular weight is 384 g/mol. The summed E-state index contributed by atoms with van der Waals surface area (Å²) in [5.74, 6) is 0.939. The smallest absolute Gasteiger partial charge is 0.243 e. The molecule has 0 unspecified atom stereocenters. The molecule has 0 bridgehead atoms. The number of sulfonamides is 1. The molecule has 25 heavy (non-hydrogen) atoms. The molecule has 2 aromatic carbocycles. The Balaban J connectivity index is 2.31. The van der Waals surface area contributed by atoms with Crippen molar-refractivity contribution in [3.63, 3.8) is 0 Å². The van der Waals surface area contributed by atoms with E-state index in [4.69, 9.17) is 21.1 Å². The highest BCUT2D eigenvalue weighted by atomic mass is 35.5. The molecule has 0 aliphatic heterocycles. The second-order valence-electron chi connectivity index (χ2n) is 5.33. The van der Waals surface area contributed by atoms with Crippen LogP contribution in [0.3, 0.4) is 0 Å². The van der Waals surface area contributed by atoms with Crippen LogP contribution in [0.4, 0.5) is 0 Å². The van der Waals surface area contributed by atoms with E-state index in [1.54, 1.807) is 24.3 Å². The van der Waals surface area contributed by atoms with Crippen LogP contribution in [-0.2, 0) is 16.6 Å². The standard InChI is InChI=1S/C18H22ClNO4S/c1-4-23-17-11-10-15(12-18(17)24-5-2)25(21,22)20(3)13-14-8-6-7-9-16(14)19/h6-12H,4-5,13H2,1-3H3. The lowest BCUT2D eigenvalue weighted by Gasteiger charge is -2.19. The Morgan fingerprint density at radius 2 is 1.64 bits per heavy atom. The number of nitrogens with zero attached hydrogens (tertiary/aromatic N) is 1. The van der Waals surface area contributed by atoms with Gasteiger partial charge in [-0.3, -0.25) is 0 Å². The topological polar surface area (TPSA) is 55.8 Å². The van der Waals surface area contributed by atoms with Crippen LogP contribution in [0, 0.1) is 0 Å². The molecule has 0 amide bonds. The lowest BCUT2D eigenvalue weighted by atomic mass is 10.2. The molecule has 5 nitrogen and oxygen atoms in total. The molecule has 0 aliphatic rings. The van der Waals surface area contributed by atoms with Crippen molar-refractivity contribution >= 4 is 21.6 Å². The van der Waals surface area contributed by atoms with Crippen molar-refractivity contribution < 1.29 is 17.9 Å². The normalized spacial score (nSPS) is 11.6. The SMILES string of the molecule is CCOc1ccc(S(=O)(=O)N(C)Cc2ccccc2Cl)cc1OCC. The van der Waals surface area contributed by atoms with Gasteiger partial charge in [0.05, 0.1) is 18.1 Å². The van der Waals surface area contributed by atoms with E-state index in [9.17, 15) is 8.42 Å². The Bertz CT molecular complexity index is 824. The zero-order valence-electron chi connectivity index (χ0n) is 14.5. The quantitative estimate of drug-likeness (QED) is 0.692. The Hall–Kier alpha value is -1.76. The molecule has 0 saturated heterocycles. The summed E-state index contributed by atoms with van der Waals surface area (Å²) in [5, 5.41) is 0.534. The van der Waals surface area contributed by atoms with Gasteiger partial charge in [-0.15, -0.1) is 0 Å². The summed E-state index contributed by atoms with van der Waals surface area (Å²) < 4.78 is 38.0. The monoisotopic (exact) mass is 383 g/mol. The van der Waals surface area contributed by atoms with E-state index >= 15 is 0 Å². The van der Waals surface area contributed by atoms with Gasteiger partial charge in [0, 0.05) is 24.7 Å². The van der Waals surface area contributed by atoms with E-state index in [0.717, 1.165) is 5.56 Å². The van der Waals surface area contributed by atoms with Crippen molar-refractivity contribution in [1.29, 1.82) is 0 Å². The van der Waals surface area contributed by atoms with Crippen molar-refractivity contribution in [2.24, 2.45) is 0 Å². The zero-order chi connectivity index (χ0) is 18.4. The molecule has 0 spiro atoms. The van der Waals surface area contributed by atoms with Gasteiger partial charge < -0.3 is 9.47 Å². The van der Waals surface area contributed by atoms with Gasteiger partial charge in [-0.2, -0.15) is 4.31 Å². The summed E-state index contributed by atoms with van der Waals surface area (Å²) in [6, 6.07) is 11.8. The highest BCUT2D eigenvalue weighted by molar-refractivity contribution is 7.89. The van der Waals surface area contributed by atoms with Gasteiger partial charge in [0.15, 0.2) is 11.5 Å². The summed E-state index contributed by atoms with van der Waals surface area (Å²) >= 11 is 6.13. The molecular weight excluding hydrogens is 362 g/mol. The van der Waals surface area contributed by atoms with Crippen LogP contribution >= 0.6 is 11.6 Å². The largest absolute Gasteiger partial charge is 0.490 e. The first-order valence-electron chi connectivity index (χ1n) is 7.99. The summed E-state index contributed by atoms with van der Waals surface area (Å²) in [6.07, 6.45) is 0. The van der Waals surface area contributed by atoms with Crippen LogP contribution in [0.25, 0.3) is 0 Å². The lowest BCUT2D eigenvalue weighted by molar-refractivity contribution is 0.287. The van der Waals surface area contributed by atoms with Gasteiger partial charge >= 0.3 is 0 Å². The first kappa shape index (κ1) is 19.6. The summed E-state index contributed by atoms with van der Waals surface area (Å²) in [6.45, 7) is 4.76. The second-order valence-corrected chi connectivity index (χ2v) is 7.78. The Morgan fingerprint density at radius 1 is 1.00 bits per heavy atom. The fraction of sp³-hybridized carbons (Fsp3) is 0.333. The highest BCUT2D eigenvalue weighted by Gasteiger charge is 2.23. The van der Waals surface area contributed by atoms with E-state index < -0.39 is 10.0 Å². The van der Waals surface area contributed by atoms with Gasteiger partial charge in [0.2, 0.25) is 10.0 Å². The van der Waals surface area contributed by atoms with Crippen LogP contribution in [-0.4, -0.2) is 33.0 Å². The number of benzene rings is 2. The van der Waals surface area contributed by atoms with E-state index in [-0.39, 0.29) is 11.4 Å². The fourth-order valence-electron chi connectivity index (χ4n) is 2.32. The number of hydrogen-bond acceptors (Lipinski definition) is 4. The fourth-order valence-corrected chi connectivity index (χ4v) is 3.68. The third kappa shape index (κ3) is 4.66. The lowest BCUT2D eigenvalue weighted by Crippen LogP contribution is -2.26. The zero-order valence-corrected chi connectivity index (χ0v) is 16.1. The van der Waals surface area contributed by atoms with Crippen molar-refractivity contribution in [3.05, 3.63) is 53.1 Å². The maximum atomic E-state index is 12.9. The number of ether oxygens (including phenoxy) is 2. The van der Waals surface area contributed by atoms with Crippen molar-refractivity contribution in [2.45, 2.75) is 25.3 Å². The molecule has 0 atom stereocenters. The van der Waals surface area contributed by atoms with E-state index in [1.807, 2.05) is 19.9 Å². The van der Waals surface area contributed by atoms with Crippen molar-refractivity contribution in [3.8, 4) is 11.5 Å². The van der Waals surface area contributed by atoms with E-state index in [2.05, 4.69) is 0 Å². The van der Waals surface area contributed by atoms with Crippen LogP contribution in [0.1, 0.15) is 19.4 Å². The molecule has 2 rings (SSSR count). The maximum Gasteiger partial charge on any atom is 0.243 e. The molecule has 2 aromatic rings. The van der Waals surface area contributed by atoms with Crippen LogP contribution in [0.15, 0.2) is 47.4 Å². The molecule has 0 heterocycles. The predicted octanol–water partition coefficient (Wildman–Crippen LogP) is 3.96. The van der Waals surface area contributed by atoms with Gasteiger partial charge in [0.1, 0.15) is 0 Å². The minimum atomic E-state index is -3.69. The van der Waals surface area contributed by atoms with Gasteiger partial charge in [0.25, 0.3) is 0 Å². The Morgan fingerprint density at radius 3 is 2.28 bits per heavy atom. The second kappa shape index (κ2) is 8.56. The number of halogens is 1. The molecule has 0 aromatic heterocycles. The summed E-state index contributed by atoms with van der Waals surface area (Å²) in [5.41, 5.74) is 0.742. The Kier molecular flexibility index (Phi) is 6.70. The Labute approximate surface area is 154 Å². The molecule has 0 saturated carbocycles. The molecular formula is C18H22ClNO4S. The van der Waals surface area contributed by atoms with E-state index in [0.29, 0.717) is 29.7 Å². The average Bonchev–Trinajstić information content (AvgIpc) is 2.58. The molecule has 7 heteroatoms. The molecule has 0 aliphatic carbocycles. The van der Waals surface area contributed by atoms with E-state index in [1.165, 1.54) is 23.5 Å². The van der Waals surface area contributed by atoms with Crippen LogP contribution < -0.4 is 9.47 Å². The first-order chi connectivity index (χ1) is 11.9. The predicted molar refractivity (Wildman–Crippen MR) is 98.9 cm³/mol. The molecule has 0 N–H and O–H groups in total. The maximum absolute atomic E-state index is 12.9. The number of hydrogen-bond donors (Lipinski definition) is 0. The minimum Gasteiger partial charge on any atom is -0.490 e. The van der Waals surface area contributed by atoms with Gasteiger partial charge in [-0.25, -0.2) is 8.42 Å². The van der Waals surface area contributed by atoms with Crippen LogP contribution in [0.2, 0.25) is 5.02 Å². The third-order valence-corrected chi connectivity index (χ3v) is 5.74. The summed E-state index contributed by atoms with van der Waals surface area (Å²) in [7, 11) is -2.16. The molecule has 0 fully saturated rings. The summed E-state index contributed by atoms with van der Waals surface area (Å²) in [4.78, 5) is 0.147. The van der Waals surface area contributed by atoms with Gasteiger partial charge in [-0.05, 0) is 37.6 Å². The minimum absolute atomic E-state index is 0.147. The molecule has 136 valence electrons. The van der Waals surface area contributed by atoms with Crippen molar-refractivity contribution in [1.82, 2.24) is 4.31 Å². The van der Waals surface area contributed by atoms with Crippen molar-refractivity contribution in [2.75, 3.05) is 20.3 Å².